The standard InChI is InChI=1S/C32H39N5O2/c1-19-12-20(2)15-23(14-19)25-17-33-18-26(30-35-27-16-21(3)13-22(4)28(27)36-30)29(25)37-10-8-24(9-11-37)34-31(38)39-32(5,6)7/h12-18,24H,8-11H2,1-7H3,(H,34,38)(H,35,36). The second-order valence-electron chi connectivity index (χ2n) is 11.9. The van der Waals surface area contributed by atoms with Crippen LogP contribution in [0.3, 0.4) is 0 Å². The quantitative estimate of drug-likeness (QED) is 0.299. The molecule has 0 spiro atoms. The maximum Gasteiger partial charge on any atom is 0.407 e. The van der Waals surface area contributed by atoms with Crippen LogP contribution in [-0.2, 0) is 4.74 Å². The number of hydrogen-bond donors (Lipinski definition) is 2. The number of amides is 1. The Hall–Kier alpha value is -3.87. The molecule has 1 fully saturated rings. The molecular weight excluding hydrogens is 486 g/mol. The third kappa shape index (κ3) is 5.92. The van der Waals surface area contributed by atoms with E-state index in [0.29, 0.717) is 0 Å². The van der Waals surface area contributed by atoms with Crippen LogP contribution in [0.25, 0.3) is 33.5 Å². The summed E-state index contributed by atoms with van der Waals surface area (Å²) in [6.45, 7) is 15.7. The Balaban J connectivity index is 1.53. The molecular formula is C32H39N5O2. The Morgan fingerprint density at radius 2 is 1.59 bits per heavy atom. The van der Waals surface area contributed by atoms with Gasteiger partial charge in [0, 0.05) is 37.1 Å². The third-order valence-corrected chi connectivity index (χ3v) is 7.16. The zero-order valence-electron chi connectivity index (χ0n) is 24.1. The fraction of sp³-hybridized carbons (Fsp3) is 0.406. The number of nitrogens with one attached hydrogen (secondary N) is 2. The molecule has 7 heteroatoms. The minimum atomic E-state index is -0.513. The number of piperidine rings is 1. The van der Waals surface area contributed by atoms with Gasteiger partial charge in [-0.15, -0.1) is 0 Å². The number of fused-ring (bicyclic) bond motifs is 1. The number of anilines is 1. The Morgan fingerprint density at radius 1 is 0.949 bits per heavy atom. The van der Waals surface area contributed by atoms with Gasteiger partial charge in [-0.2, -0.15) is 0 Å². The molecule has 0 atom stereocenters. The zero-order valence-corrected chi connectivity index (χ0v) is 24.1. The number of nitrogens with zero attached hydrogens (tertiary/aromatic N) is 3. The van der Waals surface area contributed by atoms with E-state index in [4.69, 9.17) is 14.7 Å². The molecule has 2 aromatic carbocycles. The summed E-state index contributed by atoms with van der Waals surface area (Å²) in [7, 11) is 0. The lowest BCUT2D eigenvalue weighted by atomic mass is 9.96. The first-order valence-electron chi connectivity index (χ1n) is 13.8. The van der Waals surface area contributed by atoms with Gasteiger partial charge in [0.15, 0.2) is 0 Å². The molecule has 4 aromatic rings. The molecule has 39 heavy (non-hydrogen) atoms. The summed E-state index contributed by atoms with van der Waals surface area (Å²) in [4.78, 5) is 28.1. The highest BCUT2D eigenvalue weighted by atomic mass is 16.6. The van der Waals surface area contributed by atoms with Gasteiger partial charge < -0.3 is 19.9 Å². The predicted octanol–water partition coefficient (Wildman–Crippen LogP) is 7.02. The molecule has 0 radical (unpaired) electrons. The highest BCUT2D eigenvalue weighted by Gasteiger charge is 2.28. The number of H-pyrrole nitrogens is 1. The number of aryl methyl sites for hydroxylation is 4. The lowest BCUT2D eigenvalue weighted by Crippen LogP contribution is -2.46. The van der Waals surface area contributed by atoms with Crippen molar-refractivity contribution in [2.45, 2.75) is 73.0 Å². The third-order valence-electron chi connectivity index (χ3n) is 7.16. The normalized spacial score (nSPS) is 14.6. The van der Waals surface area contributed by atoms with Gasteiger partial charge in [-0.1, -0.05) is 35.4 Å². The van der Waals surface area contributed by atoms with Gasteiger partial charge in [0.05, 0.1) is 22.3 Å². The fourth-order valence-electron chi connectivity index (χ4n) is 5.63. The maximum atomic E-state index is 12.4. The summed E-state index contributed by atoms with van der Waals surface area (Å²) < 4.78 is 5.49. The number of ether oxygens (including phenoxy) is 1. The van der Waals surface area contributed by atoms with Crippen molar-refractivity contribution in [1.29, 1.82) is 0 Å². The van der Waals surface area contributed by atoms with Crippen molar-refractivity contribution in [3.05, 3.63) is 65.0 Å². The van der Waals surface area contributed by atoms with E-state index >= 15 is 0 Å². The van der Waals surface area contributed by atoms with Crippen LogP contribution in [0.2, 0.25) is 0 Å². The number of carbonyl (C=O) groups excluding carboxylic acids is 1. The number of carbonyl (C=O) groups is 1. The molecule has 0 aliphatic carbocycles. The number of rotatable bonds is 4. The second kappa shape index (κ2) is 10.4. The smallest absolute Gasteiger partial charge is 0.407 e. The van der Waals surface area contributed by atoms with Crippen LogP contribution >= 0.6 is 0 Å². The van der Waals surface area contributed by atoms with E-state index in [1.807, 2.05) is 33.2 Å². The molecule has 5 rings (SSSR count). The topological polar surface area (TPSA) is 83.1 Å². The van der Waals surface area contributed by atoms with Crippen LogP contribution in [0.4, 0.5) is 10.5 Å². The molecule has 1 aliphatic rings. The van der Waals surface area contributed by atoms with E-state index in [2.05, 4.69) is 73.2 Å². The Morgan fingerprint density at radius 3 is 2.26 bits per heavy atom. The van der Waals surface area contributed by atoms with Crippen molar-refractivity contribution in [2.24, 2.45) is 0 Å². The number of aromatic amines is 1. The number of pyridine rings is 1. The van der Waals surface area contributed by atoms with E-state index in [0.717, 1.165) is 70.7 Å². The Labute approximate surface area is 231 Å². The molecule has 1 aliphatic heterocycles. The molecule has 3 heterocycles. The lowest BCUT2D eigenvalue weighted by molar-refractivity contribution is 0.0497. The fourth-order valence-corrected chi connectivity index (χ4v) is 5.63. The first-order chi connectivity index (χ1) is 18.5. The van der Waals surface area contributed by atoms with Crippen LogP contribution < -0.4 is 10.2 Å². The van der Waals surface area contributed by atoms with E-state index in [1.54, 1.807) is 0 Å². The summed E-state index contributed by atoms with van der Waals surface area (Å²) in [5, 5.41) is 3.07. The van der Waals surface area contributed by atoms with Crippen molar-refractivity contribution < 1.29 is 9.53 Å². The molecule has 0 saturated carbocycles. The molecule has 204 valence electrons. The highest BCUT2D eigenvalue weighted by molar-refractivity contribution is 5.92. The maximum absolute atomic E-state index is 12.4. The van der Waals surface area contributed by atoms with Crippen molar-refractivity contribution in [3.63, 3.8) is 0 Å². The number of aromatic nitrogens is 3. The number of alkyl carbamates (subject to hydrolysis) is 1. The van der Waals surface area contributed by atoms with Crippen molar-refractivity contribution in [3.8, 4) is 22.5 Å². The molecule has 0 unspecified atom stereocenters. The van der Waals surface area contributed by atoms with Crippen molar-refractivity contribution in [1.82, 2.24) is 20.3 Å². The minimum Gasteiger partial charge on any atom is -0.444 e. The predicted molar refractivity (Wildman–Crippen MR) is 158 cm³/mol. The zero-order chi connectivity index (χ0) is 27.9. The largest absolute Gasteiger partial charge is 0.444 e. The highest BCUT2D eigenvalue weighted by Crippen LogP contribution is 2.40. The van der Waals surface area contributed by atoms with Gasteiger partial charge in [0.2, 0.25) is 0 Å². The molecule has 2 aromatic heterocycles. The second-order valence-corrected chi connectivity index (χ2v) is 11.9. The Kier molecular flexibility index (Phi) is 7.10. The number of hydrogen-bond acceptors (Lipinski definition) is 5. The van der Waals surface area contributed by atoms with Gasteiger partial charge in [-0.05, 0) is 84.1 Å². The van der Waals surface area contributed by atoms with Crippen LogP contribution in [0.15, 0.2) is 42.7 Å². The van der Waals surface area contributed by atoms with Gasteiger partial charge in [0.1, 0.15) is 11.4 Å². The number of imidazole rings is 1. The first-order valence-corrected chi connectivity index (χ1v) is 13.8. The average molecular weight is 526 g/mol. The monoisotopic (exact) mass is 525 g/mol. The SMILES string of the molecule is Cc1cc(C)cc(-c2cncc(-c3nc4c(C)cc(C)cc4[nH]3)c2N2CCC(NC(=O)OC(C)(C)C)CC2)c1. The molecule has 0 bridgehead atoms. The van der Waals surface area contributed by atoms with Gasteiger partial charge in [-0.3, -0.25) is 4.98 Å². The van der Waals surface area contributed by atoms with Gasteiger partial charge >= 0.3 is 6.09 Å². The molecule has 2 N–H and O–H groups in total. The molecule has 1 amide bonds. The minimum absolute atomic E-state index is 0.0721. The van der Waals surface area contributed by atoms with E-state index in [1.165, 1.54) is 16.7 Å². The summed E-state index contributed by atoms with van der Waals surface area (Å²) in [5.41, 5.74) is 10.6. The summed E-state index contributed by atoms with van der Waals surface area (Å²) in [6, 6.07) is 11.0. The summed E-state index contributed by atoms with van der Waals surface area (Å²) >= 11 is 0. The molecule has 1 saturated heterocycles. The Bertz CT molecular complexity index is 1500. The van der Waals surface area contributed by atoms with Gasteiger partial charge in [-0.25, -0.2) is 9.78 Å². The van der Waals surface area contributed by atoms with Crippen LogP contribution in [0.1, 0.15) is 55.9 Å². The van der Waals surface area contributed by atoms with Crippen LogP contribution in [0.5, 0.6) is 0 Å². The molecule has 7 nitrogen and oxygen atoms in total. The average Bonchev–Trinajstić information content (AvgIpc) is 3.27. The number of benzene rings is 2. The van der Waals surface area contributed by atoms with E-state index in [-0.39, 0.29) is 12.1 Å². The summed E-state index contributed by atoms with van der Waals surface area (Å²) in [5.74, 6) is 0.821. The lowest BCUT2D eigenvalue weighted by Gasteiger charge is -2.36. The van der Waals surface area contributed by atoms with Crippen LogP contribution in [0, 0.1) is 27.7 Å². The van der Waals surface area contributed by atoms with Crippen LogP contribution in [-0.4, -0.2) is 45.8 Å². The van der Waals surface area contributed by atoms with E-state index in [9.17, 15) is 4.79 Å². The summed E-state index contributed by atoms with van der Waals surface area (Å²) in [6.07, 6.45) is 5.19. The van der Waals surface area contributed by atoms with Crippen molar-refractivity contribution >= 4 is 22.8 Å². The van der Waals surface area contributed by atoms with Crippen molar-refractivity contribution in [2.75, 3.05) is 18.0 Å². The first kappa shape index (κ1) is 26.7. The van der Waals surface area contributed by atoms with E-state index < -0.39 is 5.60 Å². The van der Waals surface area contributed by atoms with Gasteiger partial charge in [0.25, 0.3) is 0 Å².